The van der Waals surface area contributed by atoms with Crippen LogP contribution in [0.15, 0.2) is 0 Å². The van der Waals surface area contributed by atoms with E-state index >= 15 is 0 Å². The zero-order valence-corrected chi connectivity index (χ0v) is 10.3. The summed E-state index contributed by atoms with van der Waals surface area (Å²) >= 11 is 0. The molecule has 0 aliphatic heterocycles. The fourth-order valence-electron chi connectivity index (χ4n) is 1.57. The van der Waals surface area contributed by atoms with Gasteiger partial charge in [-0.05, 0) is 23.5 Å². The first-order valence-corrected chi connectivity index (χ1v) is 5.86. The quantitative estimate of drug-likeness (QED) is 0.691. The van der Waals surface area contributed by atoms with Crippen LogP contribution in [0.5, 0.6) is 0 Å². The van der Waals surface area contributed by atoms with Gasteiger partial charge in [-0.1, -0.05) is 13.8 Å². The van der Waals surface area contributed by atoms with Gasteiger partial charge in [0, 0.05) is 13.0 Å². The van der Waals surface area contributed by atoms with Crippen molar-refractivity contribution in [2.45, 2.75) is 33.2 Å². The number of aromatic nitrogens is 4. The highest BCUT2D eigenvalue weighted by Crippen LogP contribution is 1.98. The number of hydrogen-bond acceptors (Lipinski definition) is 5. The fourth-order valence-corrected chi connectivity index (χ4v) is 1.57. The summed E-state index contributed by atoms with van der Waals surface area (Å²) in [6.45, 7) is 7.76. The molecule has 1 aromatic rings. The van der Waals surface area contributed by atoms with E-state index in [1.54, 1.807) is 4.68 Å². The number of carboxylic acid groups (broad SMARTS) is 1. The van der Waals surface area contributed by atoms with Crippen molar-refractivity contribution in [2.24, 2.45) is 0 Å². The molecule has 96 valence electrons. The van der Waals surface area contributed by atoms with Gasteiger partial charge in [-0.3, -0.25) is 4.79 Å². The molecule has 1 N–H and O–H groups in total. The van der Waals surface area contributed by atoms with Gasteiger partial charge in [0.1, 0.15) is 0 Å². The lowest BCUT2D eigenvalue weighted by molar-refractivity contribution is -0.137. The van der Waals surface area contributed by atoms with Gasteiger partial charge >= 0.3 is 5.97 Å². The first-order chi connectivity index (χ1) is 8.17. The molecule has 0 atom stereocenters. The van der Waals surface area contributed by atoms with Crippen molar-refractivity contribution in [2.75, 3.05) is 19.6 Å². The molecule has 0 fully saturated rings. The van der Waals surface area contributed by atoms with Crippen molar-refractivity contribution in [1.29, 1.82) is 0 Å². The number of carbonyl (C=O) groups is 1. The number of carboxylic acids is 1. The third kappa shape index (κ3) is 4.48. The van der Waals surface area contributed by atoms with Crippen molar-refractivity contribution < 1.29 is 9.90 Å². The van der Waals surface area contributed by atoms with Crippen LogP contribution < -0.4 is 0 Å². The van der Waals surface area contributed by atoms with Crippen LogP contribution in [0, 0.1) is 0 Å². The Kier molecular flexibility index (Phi) is 5.55. The Hall–Kier alpha value is -1.50. The topological polar surface area (TPSA) is 84.1 Å². The summed E-state index contributed by atoms with van der Waals surface area (Å²) in [5, 5.41) is 19.9. The Morgan fingerprint density at radius 3 is 2.71 bits per heavy atom. The summed E-state index contributed by atoms with van der Waals surface area (Å²) < 4.78 is 1.68. The van der Waals surface area contributed by atoms with Gasteiger partial charge in [-0.2, -0.15) is 0 Å². The molecule has 0 spiro atoms. The van der Waals surface area contributed by atoms with Crippen LogP contribution in [-0.4, -0.2) is 55.8 Å². The number of aryl methyl sites for hydroxylation is 1. The maximum atomic E-state index is 10.5. The van der Waals surface area contributed by atoms with Crippen LogP contribution >= 0.6 is 0 Å². The average molecular weight is 241 g/mol. The third-order valence-electron chi connectivity index (χ3n) is 2.69. The number of nitrogens with zero attached hydrogens (tertiary/aromatic N) is 5. The highest BCUT2D eigenvalue weighted by Gasteiger charge is 2.09. The van der Waals surface area contributed by atoms with Crippen LogP contribution in [0.1, 0.15) is 26.1 Å². The normalized spacial score (nSPS) is 11.0. The molecule has 0 aromatic carbocycles. The average Bonchev–Trinajstić information content (AvgIpc) is 2.75. The molecule has 7 nitrogen and oxygen atoms in total. The van der Waals surface area contributed by atoms with Crippen molar-refractivity contribution in [3.63, 3.8) is 0 Å². The Morgan fingerprint density at radius 1 is 1.41 bits per heavy atom. The van der Waals surface area contributed by atoms with Crippen LogP contribution in [0.3, 0.4) is 0 Å². The van der Waals surface area contributed by atoms with E-state index in [-0.39, 0.29) is 6.42 Å². The molecule has 0 aliphatic carbocycles. The molecule has 17 heavy (non-hydrogen) atoms. The smallest absolute Gasteiger partial charge is 0.303 e. The van der Waals surface area contributed by atoms with E-state index in [2.05, 4.69) is 34.3 Å². The van der Waals surface area contributed by atoms with Crippen LogP contribution in [0.2, 0.25) is 0 Å². The minimum atomic E-state index is -0.830. The van der Waals surface area contributed by atoms with Crippen molar-refractivity contribution in [3.8, 4) is 0 Å². The van der Waals surface area contributed by atoms with E-state index in [1.165, 1.54) is 0 Å². The summed E-state index contributed by atoms with van der Waals surface area (Å²) in [4.78, 5) is 12.7. The van der Waals surface area contributed by atoms with Gasteiger partial charge in [0.15, 0.2) is 5.82 Å². The van der Waals surface area contributed by atoms with E-state index in [0.29, 0.717) is 18.8 Å². The third-order valence-corrected chi connectivity index (χ3v) is 2.69. The molecule has 1 heterocycles. The lowest BCUT2D eigenvalue weighted by atomic mass is 10.3. The Morgan fingerprint density at radius 2 is 2.12 bits per heavy atom. The molecule has 0 unspecified atom stereocenters. The number of rotatable bonds is 8. The predicted molar refractivity (Wildman–Crippen MR) is 61.6 cm³/mol. The van der Waals surface area contributed by atoms with Crippen molar-refractivity contribution in [1.82, 2.24) is 25.1 Å². The second kappa shape index (κ2) is 6.95. The van der Waals surface area contributed by atoms with Gasteiger partial charge in [0.25, 0.3) is 0 Å². The first-order valence-electron chi connectivity index (χ1n) is 5.86. The fraction of sp³-hybridized carbons (Fsp3) is 0.800. The summed E-state index contributed by atoms with van der Waals surface area (Å²) in [6, 6.07) is 0. The minimum Gasteiger partial charge on any atom is -0.481 e. The molecule has 0 radical (unpaired) electrons. The van der Waals surface area contributed by atoms with Gasteiger partial charge in [-0.25, -0.2) is 4.68 Å². The van der Waals surface area contributed by atoms with Crippen LogP contribution in [-0.2, 0) is 17.8 Å². The molecule has 0 saturated carbocycles. The van der Waals surface area contributed by atoms with E-state index in [9.17, 15) is 4.79 Å². The Balaban J connectivity index is 2.47. The predicted octanol–water partition coefficient (Wildman–Crippen LogP) is 0.0321. The molecular weight excluding hydrogens is 222 g/mol. The van der Waals surface area contributed by atoms with E-state index in [0.717, 1.165) is 19.6 Å². The summed E-state index contributed by atoms with van der Waals surface area (Å²) in [7, 11) is 0. The number of hydrogen-bond donors (Lipinski definition) is 1. The van der Waals surface area contributed by atoms with Crippen molar-refractivity contribution in [3.05, 3.63) is 5.82 Å². The highest BCUT2D eigenvalue weighted by atomic mass is 16.4. The van der Waals surface area contributed by atoms with E-state index in [1.807, 2.05) is 0 Å². The highest BCUT2D eigenvalue weighted by molar-refractivity contribution is 5.66. The molecule has 1 rings (SSSR count). The Bertz CT molecular complexity index is 348. The summed E-state index contributed by atoms with van der Waals surface area (Å²) in [5.74, 6) is -0.192. The Labute approximate surface area is 100 Å². The minimum absolute atomic E-state index is 0.0612. The number of likely N-dealkylation sites (N-methyl/N-ethyl adjacent to an activating group) is 1. The first kappa shape index (κ1) is 13.6. The molecule has 0 saturated heterocycles. The van der Waals surface area contributed by atoms with Gasteiger partial charge < -0.3 is 10.0 Å². The molecular formula is C10H19N5O2. The molecule has 7 heteroatoms. The molecule has 1 aromatic heterocycles. The number of aliphatic carboxylic acids is 1. The monoisotopic (exact) mass is 241 g/mol. The molecule has 0 aliphatic rings. The zero-order valence-electron chi connectivity index (χ0n) is 10.3. The van der Waals surface area contributed by atoms with Gasteiger partial charge in [0.05, 0.1) is 13.0 Å². The van der Waals surface area contributed by atoms with Crippen LogP contribution in [0.4, 0.5) is 0 Å². The van der Waals surface area contributed by atoms with Gasteiger partial charge in [0.2, 0.25) is 0 Å². The maximum Gasteiger partial charge on any atom is 0.303 e. The lowest BCUT2D eigenvalue weighted by Gasteiger charge is -2.17. The van der Waals surface area contributed by atoms with Crippen LogP contribution in [0.25, 0.3) is 0 Å². The molecule has 0 bridgehead atoms. The number of tetrazole rings is 1. The maximum absolute atomic E-state index is 10.5. The van der Waals surface area contributed by atoms with E-state index in [4.69, 9.17) is 5.11 Å². The SMILES string of the molecule is CCN(CC)CCn1nnnc1CCC(=O)O. The van der Waals surface area contributed by atoms with E-state index < -0.39 is 5.97 Å². The lowest BCUT2D eigenvalue weighted by Crippen LogP contribution is -2.28. The standard InChI is InChI=1S/C10H19N5O2/c1-3-14(4-2)7-8-15-9(11-12-13-15)5-6-10(16)17/h3-8H2,1-2H3,(H,16,17). The second-order valence-corrected chi connectivity index (χ2v) is 3.74. The second-order valence-electron chi connectivity index (χ2n) is 3.74. The molecule has 0 amide bonds. The van der Waals surface area contributed by atoms with Crippen molar-refractivity contribution >= 4 is 5.97 Å². The van der Waals surface area contributed by atoms with Gasteiger partial charge in [-0.15, -0.1) is 5.10 Å². The summed E-state index contributed by atoms with van der Waals surface area (Å²) in [5.41, 5.74) is 0. The largest absolute Gasteiger partial charge is 0.481 e. The zero-order chi connectivity index (χ0) is 12.7. The summed E-state index contributed by atoms with van der Waals surface area (Å²) in [6.07, 6.45) is 0.437.